The van der Waals surface area contributed by atoms with Crippen LogP contribution >= 0.6 is 11.8 Å². The van der Waals surface area contributed by atoms with E-state index in [9.17, 15) is 13.6 Å². The Morgan fingerprint density at radius 3 is 2.59 bits per heavy atom. The molecular formula is C15H17F2NO3S. The molecular weight excluding hydrogens is 312 g/mol. The fourth-order valence-electron chi connectivity index (χ4n) is 1.24. The van der Waals surface area contributed by atoms with Crippen LogP contribution in [0.25, 0.3) is 0 Å². The fraction of sp³-hybridized carbons (Fsp3) is 0.267. The van der Waals surface area contributed by atoms with Crippen LogP contribution in [0.5, 0.6) is 5.75 Å². The minimum Gasteiger partial charge on any atom is -0.425 e. The Balaban J connectivity index is 2.69. The summed E-state index contributed by atoms with van der Waals surface area (Å²) in [6, 6.07) is 7.37. The summed E-state index contributed by atoms with van der Waals surface area (Å²) in [6.07, 6.45) is -2.52. The Morgan fingerprint density at radius 1 is 1.41 bits per heavy atom. The maximum Gasteiger partial charge on any atom is 0.482 e. The molecule has 0 aliphatic heterocycles. The molecule has 0 aromatic heterocycles. The van der Waals surface area contributed by atoms with E-state index in [4.69, 9.17) is 5.11 Å². The van der Waals surface area contributed by atoms with E-state index in [2.05, 4.69) is 10.1 Å². The summed E-state index contributed by atoms with van der Waals surface area (Å²) in [5.41, 5.74) is 0.644. The lowest BCUT2D eigenvalue weighted by Gasteiger charge is -2.17. The Bertz CT molecular complexity index is 559. The molecule has 1 amide bonds. The zero-order chi connectivity index (χ0) is 16.6. The van der Waals surface area contributed by atoms with Crippen molar-refractivity contribution in [2.24, 2.45) is 0 Å². The highest BCUT2D eigenvalue weighted by molar-refractivity contribution is 8.05. The van der Waals surface area contributed by atoms with Gasteiger partial charge in [-0.3, -0.25) is 4.79 Å². The molecule has 22 heavy (non-hydrogen) atoms. The van der Waals surface area contributed by atoms with E-state index < -0.39 is 12.0 Å². The molecule has 4 nitrogen and oxygen atoms in total. The second-order valence-electron chi connectivity index (χ2n) is 4.28. The number of amides is 1. The van der Waals surface area contributed by atoms with E-state index in [0.717, 1.165) is 11.8 Å². The van der Waals surface area contributed by atoms with Crippen molar-refractivity contribution in [1.29, 1.82) is 0 Å². The molecule has 120 valence electrons. The standard InChI is InChI=1S/C15H17F2NO3S/c1-3-13(22-10-11(2)9-19)18-14(20)15(16,17)21-12-7-5-4-6-8-12/h3-8,10,19H,9H2,1-2H3,(H,18,20)/b11-10+,13-3+. The lowest BCUT2D eigenvalue weighted by atomic mass is 10.3. The average Bonchev–Trinajstić information content (AvgIpc) is 2.51. The number of alkyl halides is 2. The molecule has 1 aromatic carbocycles. The first-order valence-corrected chi connectivity index (χ1v) is 7.29. The summed E-state index contributed by atoms with van der Waals surface area (Å²) in [7, 11) is 0. The van der Waals surface area contributed by atoms with Gasteiger partial charge in [0.1, 0.15) is 5.75 Å². The third kappa shape index (κ3) is 5.87. The summed E-state index contributed by atoms with van der Waals surface area (Å²) >= 11 is 1.02. The number of carbonyl (C=O) groups is 1. The lowest BCUT2D eigenvalue weighted by molar-refractivity contribution is -0.191. The Morgan fingerprint density at radius 2 is 2.05 bits per heavy atom. The highest BCUT2D eigenvalue weighted by Gasteiger charge is 2.42. The lowest BCUT2D eigenvalue weighted by Crippen LogP contribution is -2.43. The fourth-order valence-corrected chi connectivity index (χ4v) is 1.93. The first kappa shape index (κ1) is 18.2. The Kier molecular flexibility index (Phi) is 7.07. The molecule has 2 N–H and O–H groups in total. The number of thioether (sulfide) groups is 1. The third-order valence-electron chi connectivity index (χ3n) is 2.39. The predicted molar refractivity (Wildman–Crippen MR) is 82.4 cm³/mol. The first-order valence-electron chi connectivity index (χ1n) is 6.42. The second-order valence-corrected chi connectivity index (χ2v) is 5.19. The zero-order valence-corrected chi connectivity index (χ0v) is 13.0. The van der Waals surface area contributed by atoms with Crippen LogP contribution in [0, 0.1) is 0 Å². The van der Waals surface area contributed by atoms with Gasteiger partial charge in [0.05, 0.1) is 11.6 Å². The molecule has 0 unspecified atom stereocenters. The summed E-state index contributed by atoms with van der Waals surface area (Å²) in [5.74, 6) is -1.67. The van der Waals surface area contributed by atoms with Crippen LogP contribution in [0.1, 0.15) is 13.8 Å². The largest absolute Gasteiger partial charge is 0.482 e. The summed E-state index contributed by atoms with van der Waals surface area (Å²) in [6.45, 7) is 3.13. The van der Waals surface area contributed by atoms with Crippen molar-refractivity contribution >= 4 is 17.7 Å². The molecule has 0 saturated heterocycles. The van der Waals surface area contributed by atoms with E-state index in [1.54, 1.807) is 25.3 Å². The van der Waals surface area contributed by atoms with Crippen LogP contribution in [-0.2, 0) is 4.79 Å². The topological polar surface area (TPSA) is 58.6 Å². The molecule has 0 fully saturated rings. The molecule has 0 aliphatic carbocycles. The van der Waals surface area contributed by atoms with Crippen LogP contribution in [0.4, 0.5) is 8.78 Å². The van der Waals surface area contributed by atoms with Crippen LogP contribution in [-0.4, -0.2) is 23.7 Å². The summed E-state index contributed by atoms with van der Waals surface area (Å²) in [5, 5.41) is 12.7. The van der Waals surface area contributed by atoms with E-state index >= 15 is 0 Å². The number of halogens is 2. The number of hydrogen-bond acceptors (Lipinski definition) is 4. The Labute approximate surface area is 131 Å². The average molecular weight is 329 g/mol. The van der Waals surface area contributed by atoms with E-state index in [1.165, 1.54) is 30.3 Å². The van der Waals surface area contributed by atoms with E-state index in [1.807, 2.05) is 0 Å². The van der Waals surface area contributed by atoms with Crippen molar-refractivity contribution in [2.75, 3.05) is 6.61 Å². The minimum absolute atomic E-state index is 0.103. The van der Waals surface area contributed by atoms with Gasteiger partial charge in [-0.05, 0) is 37.0 Å². The van der Waals surface area contributed by atoms with Gasteiger partial charge in [-0.2, -0.15) is 8.78 Å². The molecule has 0 heterocycles. The number of aliphatic hydroxyl groups is 1. The zero-order valence-electron chi connectivity index (χ0n) is 12.2. The number of allylic oxidation sites excluding steroid dienone is 1. The number of ether oxygens (including phenoxy) is 1. The third-order valence-corrected chi connectivity index (χ3v) is 3.50. The van der Waals surface area contributed by atoms with Crippen LogP contribution in [0.2, 0.25) is 0 Å². The van der Waals surface area contributed by atoms with Gasteiger partial charge in [0.25, 0.3) is 0 Å². The van der Waals surface area contributed by atoms with Crippen molar-refractivity contribution in [2.45, 2.75) is 20.0 Å². The SMILES string of the molecule is C/C=C(\NC(=O)C(F)(F)Oc1ccccc1)S/C=C(\C)CO. The van der Waals surface area contributed by atoms with Crippen molar-refractivity contribution < 1.29 is 23.4 Å². The van der Waals surface area contributed by atoms with Gasteiger partial charge in [0.2, 0.25) is 0 Å². The monoisotopic (exact) mass is 329 g/mol. The van der Waals surface area contributed by atoms with Gasteiger partial charge in [-0.15, -0.1) is 0 Å². The van der Waals surface area contributed by atoms with Gasteiger partial charge in [-0.25, -0.2) is 0 Å². The number of benzene rings is 1. The van der Waals surface area contributed by atoms with Crippen molar-refractivity contribution in [1.82, 2.24) is 5.32 Å². The number of carbonyl (C=O) groups excluding carboxylic acids is 1. The van der Waals surface area contributed by atoms with E-state index in [0.29, 0.717) is 5.57 Å². The predicted octanol–water partition coefficient (Wildman–Crippen LogP) is 3.27. The molecule has 1 aromatic rings. The summed E-state index contributed by atoms with van der Waals surface area (Å²) < 4.78 is 31.9. The van der Waals surface area contributed by atoms with Crippen LogP contribution < -0.4 is 10.1 Å². The van der Waals surface area contributed by atoms with Gasteiger partial charge < -0.3 is 15.2 Å². The van der Waals surface area contributed by atoms with Gasteiger partial charge in [0, 0.05) is 0 Å². The smallest absolute Gasteiger partial charge is 0.425 e. The molecule has 0 bridgehead atoms. The normalized spacial score (nSPS) is 13.0. The molecule has 0 aliphatic rings. The summed E-state index contributed by atoms with van der Waals surface area (Å²) in [4.78, 5) is 11.6. The van der Waals surface area contributed by atoms with Crippen molar-refractivity contribution in [3.05, 3.63) is 52.4 Å². The number of nitrogens with one attached hydrogen (secondary N) is 1. The molecule has 0 spiro atoms. The van der Waals surface area contributed by atoms with Crippen LogP contribution in [0.15, 0.2) is 52.4 Å². The van der Waals surface area contributed by atoms with Crippen molar-refractivity contribution in [3.63, 3.8) is 0 Å². The molecule has 0 saturated carbocycles. The second kappa shape index (κ2) is 8.55. The molecule has 7 heteroatoms. The highest BCUT2D eigenvalue weighted by Crippen LogP contribution is 2.23. The van der Waals surface area contributed by atoms with Gasteiger partial charge in [0.15, 0.2) is 0 Å². The van der Waals surface area contributed by atoms with Gasteiger partial charge in [-0.1, -0.05) is 36.0 Å². The van der Waals surface area contributed by atoms with Crippen molar-refractivity contribution in [3.8, 4) is 5.75 Å². The first-order chi connectivity index (χ1) is 10.4. The highest BCUT2D eigenvalue weighted by atomic mass is 32.2. The van der Waals surface area contributed by atoms with Crippen LogP contribution in [0.3, 0.4) is 0 Å². The number of aliphatic hydroxyl groups excluding tert-OH is 1. The quantitative estimate of drug-likeness (QED) is 0.806. The number of para-hydroxylation sites is 1. The van der Waals surface area contributed by atoms with E-state index in [-0.39, 0.29) is 17.4 Å². The Hall–Kier alpha value is -1.86. The maximum absolute atomic E-state index is 13.7. The molecule has 1 rings (SSSR count). The van der Waals surface area contributed by atoms with Gasteiger partial charge >= 0.3 is 12.0 Å². The minimum atomic E-state index is -3.99. The number of hydrogen-bond donors (Lipinski definition) is 2. The molecule has 0 radical (unpaired) electrons. The molecule has 0 atom stereocenters. The number of rotatable bonds is 7. The maximum atomic E-state index is 13.7.